The van der Waals surface area contributed by atoms with Crippen LogP contribution in [0.1, 0.15) is 36.8 Å². The van der Waals surface area contributed by atoms with Crippen LogP contribution in [0.4, 0.5) is 0 Å². The molecule has 0 unspecified atom stereocenters. The van der Waals surface area contributed by atoms with E-state index in [1.54, 1.807) is 7.11 Å². The minimum absolute atomic E-state index is 0.137. The van der Waals surface area contributed by atoms with Crippen molar-refractivity contribution in [2.75, 3.05) is 7.11 Å². The molecule has 0 aromatic heterocycles. The summed E-state index contributed by atoms with van der Waals surface area (Å²) in [5.74, 6) is 1.31. The van der Waals surface area contributed by atoms with Crippen LogP contribution in [0.5, 0.6) is 5.75 Å². The van der Waals surface area contributed by atoms with Gasteiger partial charge in [0.2, 0.25) is 0 Å². The van der Waals surface area contributed by atoms with Gasteiger partial charge in [-0.05, 0) is 48.9 Å². The van der Waals surface area contributed by atoms with Gasteiger partial charge in [-0.25, -0.2) is 0 Å². The van der Waals surface area contributed by atoms with E-state index in [2.05, 4.69) is 12.1 Å². The van der Waals surface area contributed by atoms with Crippen LogP contribution >= 0.6 is 0 Å². The van der Waals surface area contributed by atoms with Crippen molar-refractivity contribution in [3.8, 4) is 5.75 Å². The van der Waals surface area contributed by atoms with Gasteiger partial charge >= 0.3 is 0 Å². The average molecular weight is 216 g/mol. The lowest BCUT2D eigenvalue weighted by atomic mass is 9.57. The fourth-order valence-electron chi connectivity index (χ4n) is 3.14. The summed E-state index contributed by atoms with van der Waals surface area (Å²) in [6, 6.07) is 6.20. The average Bonchev–Trinajstić information content (AvgIpc) is 2.35. The molecule has 0 bridgehead atoms. The van der Waals surface area contributed by atoms with Crippen LogP contribution in [-0.4, -0.2) is 12.9 Å². The Kier molecular flexibility index (Phi) is 2.06. The molecule has 2 aliphatic carbocycles. The summed E-state index contributed by atoms with van der Waals surface area (Å²) in [4.78, 5) is 11.9. The second kappa shape index (κ2) is 3.34. The van der Waals surface area contributed by atoms with E-state index < -0.39 is 0 Å². The van der Waals surface area contributed by atoms with Gasteiger partial charge in [-0.1, -0.05) is 6.07 Å². The second-order valence-electron chi connectivity index (χ2n) is 4.88. The number of ether oxygens (including phenoxy) is 1. The SMILES string of the molecule is COc1ccc2c(c1)[C@@]1(CCC2)CCC1=O. The van der Waals surface area contributed by atoms with Gasteiger partial charge < -0.3 is 4.74 Å². The van der Waals surface area contributed by atoms with Crippen LogP contribution in [0.25, 0.3) is 0 Å². The molecule has 0 amide bonds. The van der Waals surface area contributed by atoms with E-state index in [-0.39, 0.29) is 5.41 Å². The van der Waals surface area contributed by atoms with E-state index in [1.165, 1.54) is 11.1 Å². The number of carbonyl (C=O) groups is 1. The molecule has 1 aromatic carbocycles. The van der Waals surface area contributed by atoms with Crippen LogP contribution in [0.3, 0.4) is 0 Å². The maximum atomic E-state index is 11.9. The highest BCUT2D eigenvalue weighted by atomic mass is 16.5. The number of ketones is 1. The van der Waals surface area contributed by atoms with Crippen molar-refractivity contribution in [1.29, 1.82) is 0 Å². The van der Waals surface area contributed by atoms with Crippen LogP contribution in [0.2, 0.25) is 0 Å². The minimum Gasteiger partial charge on any atom is -0.497 e. The lowest BCUT2D eigenvalue weighted by Gasteiger charge is -2.44. The first-order chi connectivity index (χ1) is 7.76. The molecule has 84 valence electrons. The van der Waals surface area contributed by atoms with Gasteiger partial charge in [0, 0.05) is 6.42 Å². The van der Waals surface area contributed by atoms with Gasteiger partial charge in [0.15, 0.2) is 0 Å². The number of Topliss-reactive ketones (excluding diaryl/α,β-unsaturated/α-hetero) is 1. The molecule has 2 nitrogen and oxygen atoms in total. The number of fused-ring (bicyclic) bond motifs is 2. The number of methoxy groups -OCH3 is 1. The van der Waals surface area contributed by atoms with Crippen molar-refractivity contribution < 1.29 is 9.53 Å². The molecule has 2 heteroatoms. The normalized spacial score (nSPS) is 27.4. The van der Waals surface area contributed by atoms with Crippen LogP contribution in [-0.2, 0) is 16.6 Å². The smallest absolute Gasteiger partial charge is 0.143 e. The number of aryl methyl sites for hydroxylation is 1. The Morgan fingerprint density at radius 2 is 2.12 bits per heavy atom. The molecule has 0 heterocycles. The minimum atomic E-state index is -0.137. The Morgan fingerprint density at radius 1 is 1.25 bits per heavy atom. The number of hydrogen-bond acceptors (Lipinski definition) is 2. The highest BCUT2D eigenvalue weighted by Gasteiger charge is 2.49. The molecule has 0 radical (unpaired) electrons. The molecular formula is C14H16O2. The van der Waals surface area contributed by atoms with E-state index in [1.807, 2.05) is 6.07 Å². The zero-order valence-electron chi connectivity index (χ0n) is 9.58. The molecule has 1 aromatic rings. The number of carbonyl (C=O) groups excluding carboxylic acids is 1. The van der Waals surface area contributed by atoms with Gasteiger partial charge in [-0.15, -0.1) is 0 Å². The first-order valence-corrected chi connectivity index (χ1v) is 5.97. The van der Waals surface area contributed by atoms with E-state index in [4.69, 9.17) is 4.74 Å². The van der Waals surface area contributed by atoms with E-state index in [0.717, 1.165) is 37.9 Å². The summed E-state index contributed by atoms with van der Waals surface area (Å²) < 4.78 is 5.27. The Morgan fingerprint density at radius 3 is 2.75 bits per heavy atom. The van der Waals surface area contributed by atoms with Gasteiger partial charge in [0.05, 0.1) is 12.5 Å². The number of rotatable bonds is 1. The predicted molar refractivity (Wildman–Crippen MR) is 61.9 cm³/mol. The van der Waals surface area contributed by atoms with Gasteiger partial charge in [-0.3, -0.25) is 4.79 Å². The fourth-order valence-corrected chi connectivity index (χ4v) is 3.14. The Balaban J connectivity index is 2.13. The standard InChI is InChI=1S/C14H16O2/c1-16-11-5-4-10-3-2-7-14(12(10)9-11)8-6-13(14)15/h4-5,9H,2-3,6-8H2,1H3/t14-/m1/s1. The zero-order chi connectivity index (χ0) is 11.2. The highest BCUT2D eigenvalue weighted by Crippen LogP contribution is 2.49. The summed E-state index contributed by atoms with van der Waals surface area (Å²) in [6.45, 7) is 0. The van der Waals surface area contributed by atoms with Crippen LogP contribution in [0.15, 0.2) is 18.2 Å². The largest absolute Gasteiger partial charge is 0.497 e. The van der Waals surface area contributed by atoms with E-state index in [0.29, 0.717) is 5.78 Å². The summed E-state index contributed by atoms with van der Waals surface area (Å²) in [5.41, 5.74) is 2.46. The maximum absolute atomic E-state index is 11.9. The number of benzene rings is 1. The zero-order valence-corrected chi connectivity index (χ0v) is 9.58. The molecule has 3 rings (SSSR count). The molecule has 1 atom stereocenters. The molecule has 1 saturated carbocycles. The summed E-state index contributed by atoms with van der Waals surface area (Å²) >= 11 is 0. The third-order valence-corrected chi connectivity index (χ3v) is 4.19. The second-order valence-corrected chi connectivity index (χ2v) is 4.88. The first-order valence-electron chi connectivity index (χ1n) is 5.97. The van der Waals surface area contributed by atoms with E-state index >= 15 is 0 Å². The lowest BCUT2D eigenvalue weighted by Crippen LogP contribution is -2.47. The molecule has 1 fully saturated rings. The molecule has 1 spiro atoms. The van der Waals surface area contributed by atoms with Crippen LogP contribution in [0, 0.1) is 0 Å². The van der Waals surface area contributed by atoms with Gasteiger partial charge in [0.25, 0.3) is 0 Å². The van der Waals surface area contributed by atoms with Crippen molar-refractivity contribution >= 4 is 5.78 Å². The van der Waals surface area contributed by atoms with Gasteiger partial charge in [0.1, 0.15) is 11.5 Å². The van der Waals surface area contributed by atoms with E-state index in [9.17, 15) is 4.79 Å². The maximum Gasteiger partial charge on any atom is 0.143 e. The van der Waals surface area contributed by atoms with Crippen molar-refractivity contribution in [1.82, 2.24) is 0 Å². The van der Waals surface area contributed by atoms with Crippen molar-refractivity contribution in [2.45, 2.75) is 37.5 Å². The van der Waals surface area contributed by atoms with Gasteiger partial charge in [-0.2, -0.15) is 0 Å². The van der Waals surface area contributed by atoms with Crippen molar-refractivity contribution in [2.24, 2.45) is 0 Å². The topological polar surface area (TPSA) is 26.3 Å². The highest BCUT2D eigenvalue weighted by molar-refractivity contribution is 5.96. The summed E-state index contributed by atoms with van der Waals surface area (Å²) in [5, 5.41) is 0. The Bertz CT molecular complexity index is 450. The fraction of sp³-hybridized carbons (Fsp3) is 0.500. The third kappa shape index (κ3) is 1.16. The number of hydrogen-bond donors (Lipinski definition) is 0. The summed E-state index contributed by atoms with van der Waals surface area (Å²) in [6.07, 6.45) is 5.08. The van der Waals surface area contributed by atoms with Crippen molar-refractivity contribution in [3.05, 3.63) is 29.3 Å². The molecular weight excluding hydrogens is 200 g/mol. The Hall–Kier alpha value is -1.31. The summed E-state index contributed by atoms with van der Waals surface area (Å²) in [7, 11) is 1.68. The predicted octanol–water partition coefficient (Wildman–Crippen LogP) is 2.63. The quantitative estimate of drug-likeness (QED) is 0.721. The van der Waals surface area contributed by atoms with Crippen molar-refractivity contribution in [3.63, 3.8) is 0 Å². The molecule has 2 aliphatic rings. The molecule has 0 saturated heterocycles. The molecule has 0 aliphatic heterocycles. The third-order valence-electron chi connectivity index (χ3n) is 4.19. The lowest BCUT2D eigenvalue weighted by molar-refractivity contribution is -0.132. The van der Waals surface area contributed by atoms with Crippen LogP contribution < -0.4 is 4.74 Å². The first kappa shape index (κ1) is 9.88. The Labute approximate surface area is 95.6 Å². The molecule has 0 N–H and O–H groups in total. The molecule has 16 heavy (non-hydrogen) atoms. The monoisotopic (exact) mass is 216 g/mol.